The second-order valence-electron chi connectivity index (χ2n) is 5.88. The Hall–Kier alpha value is -3.59. The smallest absolute Gasteiger partial charge is 0.273 e. The van der Waals surface area contributed by atoms with Crippen LogP contribution >= 0.6 is 11.5 Å². The molecule has 0 radical (unpaired) electrons. The molecule has 9 heteroatoms. The van der Waals surface area contributed by atoms with Gasteiger partial charge in [0.05, 0.1) is 19.1 Å². The van der Waals surface area contributed by atoms with Crippen molar-refractivity contribution in [3.8, 4) is 17.1 Å². The number of pyridine rings is 1. The van der Waals surface area contributed by atoms with Crippen LogP contribution in [-0.2, 0) is 11.3 Å². The summed E-state index contributed by atoms with van der Waals surface area (Å²) >= 11 is 1.05. The summed E-state index contributed by atoms with van der Waals surface area (Å²) < 4.78 is 11.1. The molecule has 1 N–H and O–H groups in total. The number of fused-ring (bicyclic) bond motifs is 1. The van der Waals surface area contributed by atoms with Crippen molar-refractivity contribution < 1.29 is 9.53 Å². The molecule has 4 aromatic rings. The highest BCUT2D eigenvalue weighted by Crippen LogP contribution is 2.25. The Kier molecular flexibility index (Phi) is 4.81. The lowest BCUT2D eigenvalue weighted by atomic mass is 10.2. The van der Waals surface area contributed by atoms with Crippen molar-refractivity contribution in [1.82, 2.24) is 18.9 Å². The van der Waals surface area contributed by atoms with E-state index in [1.165, 1.54) is 10.9 Å². The van der Waals surface area contributed by atoms with Crippen molar-refractivity contribution in [3.63, 3.8) is 0 Å². The van der Waals surface area contributed by atoms with E-state index in [4.69, 9.17) is 4.74 Å². The van der Waals surface area contributed by atoms with Gasteiger partial charge in [0.25, 0.3) is 5.56 Å². The van der Waals surface area contributed by atoms with E-state index < -0.39 is 0 Å². The number of methoxy groups -OCH3 is 1. The zero-order chi connectivity index (χ0) is 19.5. The van der Waals surface area contributed by atoms with Crippen LogP contribution in [0.25, 0.3) is 21.6 Å². The zero-order valence-electron chi connectivity index (χ0n) is 14.8. The molecule has 0 spiro atoms. The molecule has 8 nitrogen and oxygen atoms in total. The number of carbonyl (C=O) groups excluding carboxylic acids is 1. The highest BCUT2D eigenvalue weighted by molar-refractivity contribution is 7.13. The number of rotatable bonds is 5. The van der Waals surface area contributed by atoms with Crippen LogP contribution in [0.4, 0.5) is 5.69 Å². The number of nitrogens with one attached hydrogen (secondary N) is 1. The molecule has 140 valence electrons. The van der Waals surface area contributed by atoms with Crippen molar-refractivity contribution in [2.75, 3.05) is 12.4 Å². The molecular formula is C19H15N5O3S. The third-order valence-electron chi connectivity index (χ3n) is 4.02. The van der Waals surface area contributed by atoms with E-state index in [2.05, 4.69) is 19.7 Å². The standard InChI is InChI=1S/C19H15N5O3S/c1-27-13-6-4-5-12(9-13)22-15(25)10-24-11-21-17-16(14-7-2-3-8-20-14)23-28-18(17)19(24)26/h2-9,11H,10H2,1H3,(H,22,25). The third kappa shape index (κ3) is 3.47. The Labute approximate surface area is 163 Å². The van der Waals surface area contributed by atoms with Gasteiger partial charge in [-0.2, -0.15) is 4.37 Å². The van der Waals surface area contributed by atoms with E-state index in [1.807, 2.05) is 12.1 Å². The monoisotopic (exact) mass is 393 g/mol. The van der Waals surface area contributed by atoms with Gasteiger partial charge in [-0.05, 0) is 35.8 Å². The molecule has 0 bridgehead atoms. The van der Waals surface area contributed by atoms with Gasteiger partial charge in [-0.3, -0.25) is 19.1 Å². The number of aromatic nitrogens is 4. The molecule has 0 aliphatic rings. The van der Waals surface area contributed by atoms with Gasteiger partial charge in [0.2, 0.25) is 5.91 Å². The number of benzene rings is 1. The van der Waals surface area contributed by atoms with Gasteiger partial charge >= 0.3 is 0 Å². The SMILES string of the molecule is COc1cccc(NC(=O)Cn2cnc3c(-c4ccccn4)nsc3c2=O)c1. The van der Waals surface area contributed by atoms with E-state index in [9.17, 15) is 9.59 Å². The van der Waals surface area contributed by atoms with E-state index >= 15 is 0 Å². The van der Waals surface area contributed by atoms with E-state index in [-0.39, 0.29) is 18.0 Å². The van der Waals surface area contributed by atoms with Crippen LogP contribution in [0.1, 0.15) is 0 Å². The van der Waals surface area contributed by atoms with E-state index in [0.29, 0.717) is 33.0 Å². The summed E-state index contributed by atoms with van der Waals surface area (Å²) in [6.45, 7) is -0.157. The number of carbonyl (C=O) groups is 1. The fourth-order valence-electron chi connectivity index (χ4n) is 2.70. The van der Waals surface area contributed by atoms with Crippen molar-refractivity contribution in [1.29, 1.82) is 0 Å². The first-order chi connectivity index (χ1) is 13.7. The van der Waals surface area contributed by atoms with Crippen LogP contribution in [0.2, 0.25) is 0 Å². The maximum absolute atomic E-state index is 12.7. The molecule has 0 saturated heterocycles. The zero-order valence-corrected chi connectivity index (χ0v) is 15.6. The minimum Gasteiger partial charge on any atom is -0.497 e. The van der Waals surface area contributed by atoms with Crippen LogP contribution in [0.5, 0.6) is 5.75 Å². The number of nitrogens with zero attached hydrogens (tertiary/aromatic N) is 4. The number of anilines is 1. The second-order valence-corrected chi connectivity index (χ2v) is 6.66. The topological polar surface area (TPSA) is 99.0 Å². The fourth-order valence-corrected chi connectivity index (χ4v) is 3.49. The lowest BCUT2D eigenvalue weighted by Crippen LogP contribution is -2.27. The van der Waals surface area contributed by atoms with E-state index in [1.54, 1.807) is 43.6 Å². The molecule has 0 saturated carbocycles. The Balaban J connectivity index is 1.59. The first kappa shape index (κ1) is 17.8. The molecule has 3 heterocycles. The van der Waals surface area contributed by atoms with Crippen LogP contribution in [0.3, 0.4) is 0 Å². The van der Waals surface area contributed by atoms with Gasteiger partial charge in [-0.15, -0.1) is 0 Å². The Morgan fingerprint density at radius 2 is 2.11 bits per heavy atom. The molecule has 0 aliphatic heterocycles. The Morgan fingerprint density at radius 3 is 2.89 bits per heavy atom. The van der Waals surface area contributed by atoms with Crippen LogP contribution < -0.4 is 15.6 Å². The van der Waals surface area contributed by atoms with Crippen LogP contribution in [0, 0.1) is 0 Å². The number of hydrogen-bond donors (Lipinski definition) is 1. The molecule has 4 rings (SSSR count). The maximum Gasteiger partial charge on any atom is 0.273 e. The minimum atomic E-state index is -0.342. The number of hydrogen-bond acceptors (Lipinski definition) is 7. The summed E-state index contributed by atoms with van der Waals surface area (Å²) in [4.78, 5) is 33.7. The summed E-state index contributed by atoms with van der Waals surface area (Å²) in [6.07, 6.45) is 3.02. The lowest BCUT2D eigenvalue weighted by Gasteiger charge is -2.08. The predicted molar refractivity (Wildman–Crippen MR) is 107 cm³/mol. The van der Waals surface area contributed by atoms with Crippen LogP contribution in [-0.4, -0.2) is 31.9 Å². The minimum absolute atomic E-state index is 0.157. The van der Waals surface area contributed by atoms with Gasteiger partial charge in [0, 0.05) is 18.0 Å². The average molecular weight is 393 g/mol. The molecule has 0 fully saturated rings. The fraction of sp³-hybridized carbons (Fsp3) is 0.105. The average Bonchev–Trinajstić information content (AvgIpc) is 3.16. The van der Waals surface area contributed by atoms with Crippen LogP contribution in [0.15, 0.2) is 59.8 Å². The first-order valence-electron chi connectivity index (χ1n) is 8.36. The highest BCUT2D eigenvalue weighted by atomic mass is 32.1. The van der Waals surface area contributed by atoms with E-state index in [0.717, 1.165) is 11.5 Å². The van der Waals surface area contributed by atoms with Crippen molar-refractivity contribution in [2.45, 2.75) is 6.54 Å². The van der Waals surface area contributed by atoms with Crippen molar-refractivity contribution in [2.24, 2.45) is 0 Å². The van der Waals surface area contributed by atoms with Gasteiger partial charge in [-0.1, -0.05) is 12.1 Å². The third-order valence-corrected chi connectivity index (χ3v) is 4.85. The molecular weight excluding hydrogens is 378 g/mol. The summed E-state index contributed by atoms with van der Waals surface area (Å²) in [5.41, 5.74) is 1.96. The molecule has 1 amide bonds. The molecule has 0 aliphatic carbocycles. The summed E-state index contributed by atoms with van der Waals surface area (Å²) in [6, 6.07) is 12.4. The highest BCUT2D eigenvalue weighted by Gasteiger charge is 2.16. The van der Waals surface area contributed by atoms with Crippen molar-refractivity contribution >= 4 is 33.3 Å². The second kappa shape index (κ2) is 7.57. The van der Waals surface area contributed by atoms with Gasteiger partial charge < -0.3 is 10.1 Å². The molecule has 0 atom stereocenters. The Morgan fingerprint density at radius 1 is 1.21 bits per heavy atom. The number of amides is 1. The number of ether oxygens (including phenoxy) is 1. The Bertz CT molecular complexity index is 1200. The molecule has 3 aromatic heterocycles. The van der Waals surface area contributed by atoms with Crippen molar-refractivity contribution in [3.05, 3.63) is 65.3 Å². The maximum atomic E-state index is 12.7. The lowest BCUT2D eigenvalue weighted by molar-refractivity contribution is -0.116. The molecule has 1 aromatic carbocycles. The molecule has 0 unspecified atom stereocenters. The largest absolute Gasteiger partial charge is 0.497 e. The molecule has 28 heavy (non-hydrogen) atoms. The predicted octanol–water partition coefficient (Wildman–Crippen LogP) is 2.56. The summed E-state index contributed by atoms with van der Waals surface area (Å²) in [7, 11) is 1.55. The van der Waals surface area contributed by atoms with Gasteiger partial charge in [0.15, 0.2) is 0 Å². The van der Waals surface area contributed by atoms with Gasteiger partial charge in [-0.25, -0.2) is 4.98 Å². The quantitative estimate of drug-likeness (QED) is 0.559. The summed E-state index contributed by atoms with van der Waals surface area (Å²) in [5.74, 6) is 0.288. The first-order valence-corrected chi connectivity index (χ1v) is 9.13. The summed E-state index contributed by atoms with van der Waals surface area (Å²) in [5, 5.41) is 2.74. The van der Waals surface area contributed by atoms with Gasteiger partial charge in [0.1, 0.15) is 28.2 Å². The normalized spacial score (nSPS) is 10.8.